The molecule has 0 aliphatic carbocycles. The molecule has 0 amide bonds. The van der Waals surface area contributed by atoms with Crippen LogP contribution in [0, 0.1) is 0 Å². The molecule has 0 fully saturated rings. The predicted octanol–water partition coefficient (Wildman–Crippen LogP) is 2.63. The van der Waals surface area contributed by atoms with Crippen LogP contribution in [-0.4, -0.2) is 20.2 Å². The number of ether oxygens (including phenoxy) is 1. The largest absolute Gasteiger partial charge is 0.497 e. The van der Waals surface area contributed by atoms with Gasteiger partial charge in [-0.1, -0.05) is 12.1 Å². The summed E-state index contributed by atoms with van der Waals surface area (Å²) in [7, 11) is 3.72. The SMILES string of the molecule is CNC(C)CCCc1cccc(OC)c1. The van der Waals surface area contributed by atoms with Crippen molar-refractivity contribution < 1.29 is 4.74 Å². The maximum atomic E-state index is 5.19. The molecule has 1 unspecified atom stereocenters. The highest BCUT2D eigenvalue weighted by atomic mass is 16.5. The van der Waals surface area contributed by atoms with E-state index in [4.69, 9.17) is 4.74 Å². The Kier molecular flexibility index (Phi) is 5.19. The molecular formula is C13H21NO. The molecule has 0 heterocycles. The van der Waals surface area contributed by atoms with Gasteiger partial charge in [-0.25, -0.2) is 0 Å². The van der Waals surface area contributed by atoms with Crippen LogP contribution < -0.4 is 10.1 Å². The van der Waals surface area contributed by atoms with Gasteiger partial charge in [0, 0.05) is 6.04 Å². The number of rotatable bonds is 6. The number of hydrogen-bond acceptors (Lipinski definition) is 2. The highest BCUT2D eigenvalue weighted by Crippen LogP contribution is 2.14. The van der Waals surface area contributed by atoms with Gasteiger partial charge in [0.25, 0.3) is 0 Å². The average molecular weight is 207 g/mol. The van der Waals surface area contributed by atoms with Gasteiger partial charge in [-0.2, -0.15) is 0 Å². The standard InChI is InChI=1S/C13H21NO/c1-11(14-2)6-4-7-12-8-5-9-13(10-12)15-3/h5,8-11,14H,4,6-7H2,1-3H3. The van der Waals surface area contributed by atoms with Crippen molar-refractivity contribution in [1.82, 2.24) is 5.32 Å². The number of hydrogen-bond donors (Lipinski definition) is 1. The Morgan fingerprint density at radius 3 is 2.87 bits per heavy atom. The molecule has 1 atom stereocenters. The lowest BCUT2D eigenvalue weighted by molar-refractivity contribution is 0.414. The zero-order valence-corrected chi connectivity index (χ0v) is 9.92. The maximum Gasteiger partial charge on any atom is 0.119 e. The third-order valence-electron chi connectivity index (χ3n) is 2.73. The maximum absolute atomic E-state index is 5.19. The smallest absolute Gasteiger partial charge is 0.119 e. The molecule has 1 aromatic carbocycles. The van der Waals surface area contributed by atoms with E-state index in [9.17, 15) is 0 Å². The predicted molar refractivity (Wildman–Crippen MR) is 64.5 cm³/mol. The van der Waals surface area contributed by atoms with Gasteiger partial charge < -0.3 is 10.1 Å². The first-order valence-electron chi connectivity index (χ1n) is 5.56. The fourth-order valence-corrected chi connectivity index (χ4v) is 1.58. The van der Waals surface area contributed by atoms with E-state index < -0.39 is 0 Å². The monoisotopic (exact) mass is 207 g/mol. The third kappa shape index (κ3) is 4.34. The molecule has 0 bridgehead atoms. The highest BCUT2D eigenvalue weighted by Gasteiger charge is 1.99. The van der Waals surface area contributed by atoms with E-state index in [1.165, 1.54) is 18.4 Å². The number of methoxy groups -OCH3 is 1. The molecule has 84 valence electrons. The zero-order valence-electron chi connectivity index (χ0n) is 9.92. The van der Waals surface area contributed by atoms with Gasteiger partial charge in [0.05, 0.1) is 7.11 Å². The first-order chi connectivity index (χ1) is 7.26. The van der Waals surface area contributed by atoms with Gasteiger partial charge in [0.1, 0.15) is 5.75 Å². The van der Waals surface area contributed by atoms with Crippen molar-refractivity contribution in [2.45, 2.75) is 32.2 Å². The molecule has 1 rings (SSSR count). The molecule has 0 spiro atoms. The van der Waals surface area contributed by atoms with E-state index in [1.54, 1.807) is 7.11 Å². The van der Waals surface area contributed by atoms with Gasteiger partial charge in [-0.3, -0.25) is 0 Å². The fraction of sp³-hybridized carbons (Fsp3) is 0.538. The Morgan fingerprint density at radius 2 is 2.20 bits per heavy atom. The summed E-state index contributed by atoms with van der Waals surface area (Å²) in [4.78, 5) is 0. The van der Waals surface area contributed by atoms with Crippen LogP contribution in [0.2, 0.25) is 0 Å². The van der Waals surface area contributed by atoms with Gasteiger partial charge in [-0.05, 0) is 50.9 Å². The summed E-state index contributed by atoms with van der Waals surface area (Å²) in [5.41, 5.74) is 1.36. The summed E-state index contributed by atoms with van der Waals surface area (Å²) < 4.78 is 5.19. The summed E-state index contributed by atoms with van der Waals surface area (Å²) >= 11 is 0. The molecule has 0 saturated heterocycles. The van der Waals surface area contributed by atoms with E-state index in [-0.39, 0.29) is 0 Å². The van der Waals surface area contributed by atoms with Crippen molar-refractivity contribution in [1.29, 1.82) is 0 Å². The summed E-state index contributed by atoms with van der Waals surface area (Å²) in [5, 5.41) is 3.25. The number of aryl methyl sites for hydroxylation is 1. The second kappa shape index (κ2) is 6.46. The molecule has 1 aromatic rings. The Hall–Kier alpha value is -1.02. The molecule has 15 heavy (non-hydrogen) atoms. The normalized spacial score (nSPS) is 12.5. The van der Waals surface area contributed by atoms with Crippen molar-refractivity contribution >= 4 is 0 Å². The average Bonchev–Trinajstić information content (AvgIpc) is 2.29. The molecule has 2 heteroatoms. The van der Waals surface area contributed by atoms with Crippen LogP contribution in [0.1, 0.15) is 25.3 Å². The lowest BCUT2D eigenvalue weighted by Gasteiger charge is -2.09. The van der Waals surface area contributed by atoms with Crippen molar-refractivity contribution in [2.75, 3.05) is 14.2 Å². The van der Waals surface area contributed by atoms with E-state index in [0.29, 0.717) is 6.04 Å². The van der Waals surface area contributed by atoms with Crippen LogP contribution in [0.3, 0.4) is 0 Å². The third-order valence-corrected chi connectivity index (χ3v) is 2.73. The molecular weight excluding hydrogens is 186 g/mol. The quantitative estimate of drug-likeness (QED) is 0.774. The van der Waals surface area contributed by atoms with Gasteiger partial charge in [-0.15, -0.1) is 0 Å². The minimum Gasteiger partial charge on any atom is -0.497 e. The van der Waals surface area contributed by atoms with Gasteiger partial charge >= 0.3 is 0 Å². The molecule has 0 radical (unpaired) electrons. The first-order valence-corrected chi connectivity index (χ1v) is 5.56. The van der Waals surface area contributed by atoms with E-state index in [0.717, 1.165) is 12.2 Å². The van der Waals surface area contributed by atoms with Gasteiger partial charge in [0.2, 0.25) is 0 Å². The Bertz CT molecular complexity index is 286. The minimum absolute atomic E-state index is 0.607. The molecule has 1 N–H and O–H groups in total. The van der Waals surface area contributed by atoms with Crippen LogP contribution in [-0.2, 0) is 6.42 Å². The summed E-state index contributed by atoms with van der Waals surface area (Å²) in [6.45, 7) is 2.21. The summed E-state index contributed by atoms with van der Waals surface area (Å²) in [6.07, 6.45) is 3.56. The summed E-state index contributed by atoms with van der Waals surface area (Å²) in [6, 6.07) is 8.92. The molecule has 0 aromatic heterocycles. The van der Waals surface area contributed by atoms with Crippen LogP contribution in [0.25, 0.3) is 0 Å². The van der Waals surface area contributed by atoms with Crippen molar-refractivity contribution in [3.05, 3.63) is 29.8 Å². The Labute approximate surface area is 92.6 Å². The Morgan fingerprint density at radius 1 is 1.40 bits per heavy atom. The molecule has 0 aliphatic heterocycles. The molecule has 0 aliphatic rings. The second-order valence-corrected chi connectivity index (χ2v) is 3.93. The Balaban J connectivity index is 2.37. The van der Waals surface area contributed by atoms with E-state index in [1.807, 2.05) is 13.1 Å². The first kappa shape index (κ1) is 12.1. The molecule has 2 nitrogen and oxygen atoms in total. The lowest BCUT2D eigenvalue weighted by atomic mass is 10.1. The topological polar surface area (TPSA) is 21.3 Å². The highest BCUT2D eigenvalue weighted by molar-refractivity contribution is 5.28. The molecule has 0 saturated carbocycles. The van der Waals surface area contributed by atoms with E-state index >= 15 is 0 Å². The fourth-order valence-electron chi connectivity index (χ4n) is 1.58. The zero-order chi connectivity index (χ0) is 11.1. The second-order valence-electron chi connectivity index (χ2n) is 3.93. The van der Waals surface area contributed by atoms with Crippen LogP contribution >= 0.6 is 0 Å². The van der Waals surface area contributed by atoms with Crippen molar-refractivity contribution in [3.63, 3.8) is 0 Å². The lowest BCUT2D eigenvalue weighted by Crippen LogP contribution is -2.20. The van der Waals surface area contributed by atoms with Crippen LogP contribution in [0.15, 0.2) is 24.3 Å². The van der Waals surface area contributed by atoms with Crippen molar-refractivity contribution in [3.8, 4) is 5.75 Å². The number of nitrogens with one attached hydrogen (secondary N) is 1. The van der Waals surface area contributed by atoms with Gasteiger partial charge in [0.15, 0.2) is 0 Å². The van der Waals surface area contributed by atoms with Crippen molar-refractivity contribution in [2.24, 2.45) is 0 Å². The number of benzene rings is 1. The summed E-state index contributed by atoms with van der Waals surface area (Å²) in [5.74, 6) is 0.953. The van der Waals surface area contributed by atoms with Crippen LogP contribution in [0.5, 0.6) is 5.75 Å². The van der Waals surface area contributed by atoms with E-state index in [2.05, 4.69) is 30.4 Å². The minimum atomic E-state index is 0.607. The van der Waals surface area contributed by atoms with Crippen LogP contribution in [0.4, 0.5) is 0 Å².